The molecule has 3 aromatic carbocycles. The van der Waals surface area contributed by atoms with E-state index in [2.05, 4.69) is 26.1 Å². The third-order valence-electron chi connectivity index (χ3n) is 4.63. The number of aryl methyl sites for hydroxylation is 1. The summed E-state index contributed by atoms with van der Waals surface area (Å²) in [7, 11) is 0. The molecule has 1 heterocycles. The Hall–Kier alpha value is -4.46. The highest BCUT2D eigenvalue weighted by molar-refractivity contribution is 6.00. The quantitative estimate of drug-likeness (QED) is 0.400. The second-order valence-electron chi connectivity index (χ2n) is 7.16. The summed E-state index contributed by atoms with van der Waals surface area (Å²) >= 11 is 0. The standard InChI is InChI=1S/C24H21N5O3/c1-15-11-12-18(14-21(15)25-16(2)30)23-28-22(29-32-23)17-7-6-10-20(13-17)27-24(31)26-19-8-4-3-5-9-19/h3-14H,1-2H3,(H,25,30)(H2,26,27,31). The molecule has 0 saturated heterocycles. The fourth-order valence-corrected chi connectivity index (χ4v) is 3.09. The van der Waals surface area contributed by atoms with Crippen molar-refractivity contribution in [2.24, 2.45) is 0 Å². The van der Waals surface area contributed by atoms with Crippen LogP contribution in [-0.4, -0.2) is 22.1 Å². The van der Waals surface area contributed by atoms with Crippen LogP contribution in [0.1, 0.15) is 12.5 Å². The minimum atomic E-state index is -0.354. The average Bonchev–Trinajstić information content (AvgIpc) is 3.26. The van der Waals surface area contributed by atoms with Crippen LogP contribution >= 0.6 is 0 Å². The van der Waals surface area contributed by atoms with Gasteiger partial charge in [-0.05, 0) is 48.9 Å². The van der Waals surface area contributed by atoms with Crippen LogP contribution in [0.4, 0.5) is 21.9 Å². The molecule has 0 bridgehead atoms. The summed E-state index contributed by atoms with van der Waals surface area (Å²) in [5, 5.41) is 12.4. The largest absolute Gasteiger partial charge is 0.334 e. The van der Waals surface area contributed by atoms with Gasteiger partial charge in [-0.2, -0.15) is 4.98 Å². The summed E-state index contributed by atoms with van der Waals surface area (Å²) in [5.74, 6) is 0.553. The number of benzene rings is 3. The highest BCUT2D eigenvalue weighted by Gasteiger charge is 2.13. The normalized spacial score (nSPS) is 10.4. The molecule has 0 radical (unpaired) electrons. The number of nitrogens with one attached hydrogen (secondary N) is 3. The molecule has 0 fully saturated rings. The lowest BCUT2D eigenvalue weighted by molar-refractivity contribution is -0.114. The Balaban J connectivity index is 1.51. The number of hydrogen-bond acceptors (Lipinski definition) is 5. The zero-order valence-corrected chi connectivity index (χ0v) is 17.5. The average molecular weight is 427 g/mol. The lowest BCUT2D eigenvalue weighted by Gasteiger charge is -2.08. The lowest BCUT2D eigenvalue weighted by Crippen LogP contribution is -2.19. The first-order valence-electron chi connectivity index (χ1n) is 9.94. The molecule has 0 aliphatic carbocycles. The third-order valence-corrected chi connectivity index (χ3v) is 4.63. The Morgan fingerprint density at radius 3 is 2.34 bits per heavy atom. The molecular formula is C24H21N5O3. The first-order chi connectivity index (χ1) is 15.5. The maximum Gasteiger partial charge on any atom is 0.323 e. The van der Waals surface area contributed by atoms with Crippen LogP contribution in [0.2, 0.25) is 0 Å². The smallest absolute Gasteiger partial charge is 0.323 e. The molecule has 3 N–H and O–H groups in total. The third kappa shape index (κ3) is 4.99. The number of anilines is 3. The van der Waals surface area contributed by atoms with Gasteiger partial charge in [0.1, 0.15) is 0 Å². The Bertz CT molecular complexity index is 1270. The molecule has 0 spiro atoms. The fraction of sp³-hybridized carbons (Fsp3) is 0.0833. The number of nitrogens with zero attached hydrogens (tertiary/aromatic N) is 2. The Morgan fingerprint density at radius 2 is 1.56 bits per heavy atom. The Kier molecular flexibility index (Phi) is 5.94. The van der Waals surface area contributed by atoms with Crippen LogP contribution in [0.3, 0.4) is 0 Å². The molecule has 8 nitrogen and oxygen atoms in total. The van der Waals surface area contributed by atoms with Crippen molar-refractivity contribution in [2.45, 2.75) is 13.8 Å². The van der Waals surface area contributed by atoms with E-state index >= 15 is 0 Å². The highest BCUT2D eigenvalue weighted by Crippen LogP contribution is 2.27. The molecule has 0 saturated carbocycles. The van der Waals surface area contributed by atoms with E-state index in [1.54, 1.807) is 36.4 Å². The molecule has 3 amide bonds. The van der Waals surface area contributed by atoms with Crippen molar-refractivity contribution in [3.63, 3.8) is 0 Å². The zero-order valence-electron chi connectivity index (χ0n) is 17.5. The van der Waals surface area contributed by atoms with Gasteiger partial charge in [0.15, 0.2) is 0 Å². The maximum atomic E-state index is 12.3. The highest BCUT2D eigenvalue weighted by atomic mass is 16.5. The van der Waals surface area contributed by atoms with Gasteiger partial charge in [-0.3, -0.25) is 4.79 Å². The number of urea groups is 1. The predicted molar refractivity (Wildman–Crippen MR) is 123 cm³/mol. The van der Waals surface area contributed by atoms with Crippen molar-refractivity contribution in [3.8, 4) is 22.8 Å². The van der Waals surface area contributed by atoms with Crippen molar-refractivity contribution in [2.75, 3.05) is 16.0 Å². The van der Waals surface area contributed by atoms with E-state index in [-0.39, 0.29) is 11.9 Å². The van der Waals surface area contributed by atoms with E-state index < -0.39 is 0 Å². The van der Waals surface area contributed by atoms with Crippen LogP contribution in [0.25, 0.3) is 22.8 Å². The van der Waals surface area contributed by atoms with Crippen molar-refractivity contribution < 1.29 is 14.1 Å². The second-order valence-corrected chi connectivity index (χ2v) is 7.16. The molecular weight excluding hydrogens is 406 g/mol. The van der Waals surface area contributed by atoms with Gasteiger partial charge >= 0.3 is 6.03 Å². The molecule has 8 heteroatoms. The zero-order chi connectivity index (χ0) is 22.5. The fourth-order valence-electron chi connectivity index (χ4n) is 3.09. The van der Waals surface area contributed by atoms with E-state index in [0.717, 1.165) is 5.56 Å². The van der Waals surface area contributed by atoms with Gasteiger partial charge in [0.2, 0.25) is 11.7 Å². The Morgan fingerprint density at radius 1 is 0.812 bits per heavy atom. The lowest BCUT2D eigenvalue weighted by atomic mass is 10.1. The molecule has 0 aliphatic rings. The molecule has 0 aliphatic heterocycles. The Labute approximate surface area is 184 Å². The first kappa shape index (κ1) is 20.8. The van der Waals surface area contributed by atoms with Crippen LogP contribution in [0.15, 0.2) is 77.3 Å². The van der Waals surface area contributed by atoms with E-state index in [0.29, 0.717) is 39.9 Å². The maximum absolute atomic E-state index is 12.3. The summed E-state index contributed by atoms with van der Waals surface area (Å²) < 4.78 is 5.43. The number of rotatable bonds is 5. The molecule has 32 heavy (non-hydrogen) atoms. The number of amides is 3. The number of carbonyl (C=O) groups excluding carboxylic acids is 2. The van der Waals surface area contributed by atoms with E-state index in [4.69, 9.17) is 4.52 Å². The topological polar surface area (TPSA) is 109 Å². The summed E-state index contributed by atoms with van der Waals surface area (Å²) in [6.07, 6.45) is 0. The molecule has 4 aromatic rings. The van der Waals surface area contributed by atoms with Crippen molar-refractivity contribution in [1.29, 1.82) is 0 Å². The summed E-state index contributed by atoms with van der Waals surface area (Å²) in [4.78, 5) is 28.1. The number of aromatic nitrogens is 2. The summed E-state index contributed by atoms with van der Waals surface area (Å²) in [6.45, 7) is 3.36. The summed E-state index contributed by atoms with van der Waals surface area (Å²) in [6, 6.07) is 21.5. The van der Waals surface area contributed by atoms with E-state index in [1.165, 1.54) is 6.92 Å². The SMILES string of the molecule is CC(=O)Nc1cc(-c2nc(-c3cccc(NC(=O)Nc4ccccc4)c3)no2)ccc1C. The predicted octanol–water partition coefficient (Wildman–Crippen LogP) is 5.31. The molecule has 1 aromatic heterocycles. The van der Waals surface area contributed by atoms with Gasteiger partial charge in [0, 0.05) is 35.1 Å². The molecule has 0 unspecified atom stereocenters. The van der Waals surface area contributed by atoms with Crippen molar-refractivity contribution in [1.82, 2.24) is 10.1 Å². The van der Waals surface area contributed by atoms with Gasteiger partial charge in [0.05, 0.1) is 0 Å². The van der Waals surface area contributed by atoms with Gasteiger partial charge < -0.3 is 20.5 Å². The van der Waals surface area contributed by atoms with Crippen LogP contribution in [-0.2, 0) is 4.79 Å². The number of carbonyl (C=O) groups is 2. The van der Waals surface area contributed by atoms with Gasteiger partial charge in [-0.15, -0.1) is 0 Å². The molecule has 4 rings (SSSR count). The number of hydrogen-bond donors (Lipinski definition) is 3. The molecule has 0 atom stereocenters. The first-order valence-corrected chi connectivity index (χ1v) is 9.94. The monoisotopic (exact) mass is 427 g/mol. The minimum Gasteiger partial charge on any atom is -0.334 e. The van der Waals surface area contributed by atoms with Crippen LogP contribution < -0.4 is 16.0 Å². The van der Waals surface area contributed by atoms with Gasteiger partial charge in [0.25, 0.3) is 5.89 Å². The van der Waals surface area contributed by atoms with Crippen LogP contribution in [0.5, 0.6) is 0 Å². The van der Waals surface area contributed by atoms with Crippen molar-refractivity contribution >= 4 is 29.0 Å². The van der Waals surface area contributed by atoms with Gasteiger partial charge in [-0.25, -0.2) is 4.79 Å². The number of para-hydroxylation sites is 1. The minimum absolute atomic E-state index is 0.155. The van der Waals surface area contributed by atoms with Crippen molar-refractivity contribution in [3.05, 3.63) is 78.4 Å². The van der Waals surface area contributed by atoms with E-state index in [1.807, 2.05) is 43.3 Å². The van der Waals surface area contributed by atoms with Gasteiger partial charge in [-0.1, -0.05) is 41.6 Å². The second kappa shape index (κ2) is 9.13. The molecule has 160 valence electrons. The van der Waals surface area contributed by atoms with Crippen LogP contribution in [0, 0.1) is 6.92 Å². The van der Waals surface area contributed by atoms with E-state index in [9.17, 15) is 9.59 Å². The summed E-state index contributed by atoms with van der Waals surface area (Å²) in [5.41, 5.74) is 4.27.